The van der Waals surface area contributed by atoms with Crippen LogP contribution in [0, 0.1) is 0 Å². The summed E-state index contributed by atoms with van der Waals surface area (Å²) in [6.07, 6.45) is 14.3. The molecule has 2 atom stereocenters. The fraction of sp³-hybridized carbons (Fsp3) is 0.607. The highest BCUT2D eigenvalue weighted by Crippen LogP contribution is 2.24. The molecule has 3 heteroatoms. The minimum atomic E-state index is -0.291. The number of hydrogen-bond acceptors (Lipinski definition) is 2. The lowest BCUT2D eigenvalue weighted by atomic mass is 10.00. The number of amides is 1. The Morgan fingerprint density at radius 3 is 2.16 bits per heavy atom. The summed E-state index contributed by atoms with van der Waals surface area (Å²) < 4.78 is 5.87. The largest absolute Gasteiger partial charge is 0.446 e. The van der Waals surface area contributed by atoms with Gasteiger partial charge in [-0.3, -0.25) is 0 Å². The number of carbonyl (C=O) groups is 1. The third-order valence-electron chi connectivity index (χ3n) is 6.16. The molecule has 0 saturated carbocycles. The van der Waals surface area contributed by atoms with Crippen LogP contribution in [0.1, 0.15) is 109 Å². The molecule has 0 aliphatic heterocycles. The van der Waals surface area contributed by atoms with E-state index in [1.54, 1.807) is 0 Å². The van der Waals surface area contributed by atoms with E-state index in [0.29, 0.717) is 0 Å². The van der Waals surface area contributed by atoms with Crippen molar-refractivity contribution in [2.75, 3.05) is 0 Å². The highest BCUT2D eigenvalue weighted by atomic mass is 16.6. The molecule has 0 aromatic heterocycles. The van der Waals surface area contributed by atoms with Crippen LogP contribution in [-0.2, 0) is 4.74 Å². The summed E-state index contributed by atoms with van der Waals surface area (Å²) in [5.74, 6) is 0. The molecule has 0 aliphatic carbocycles. The number of hydrogen-bond donors (Lipinski definition) is 1. The summed E-state index contributed by atoms with van der Waals surface area (Å²) in [5, 5.41) is 5.44. The van der Waals surface area contributed by atoms with Crippen LogP contribution < -0.4 is 5.32 Å². The number of ether oxygens (including phenoxy) is 1. The van der Waals surface area contributed by atoms with Crippen LogP contribution in [0.4, 0.5) is 4.79 Å². The van der Waals surface area contributed by atoms with Crippen LogP contribution in [0.3, 0.4) is 0 Å². The number of alkyl carbamates (subject to hydrolysis) is 1. The van der Waals surface area contributed by atoms with Crippen molar-refractivity contribution in [2.45, 2.75) is 110 Å². The monoisotopic (exact) mass is 425 g/mol. The minimum absolute atomic E-state index is 0.0276. The molecule has 0 aliphatic rings. The van der Waals surface area contributed by atoms with Crippen molar-refractivity contribution in [2.24, 2.45) is 0 Å². The first-order chi connectivity index (χ1) is 15.2. The highest BCUT2D eigenvalue weighted by Gasteiger charge is 2.17. The van der Waals surface area contributed by atoms with E-state index in [9.17, 15) is 4.79 Å². The summed E-state index contributed by atoms with van der Waals surface area (Å²) in [5.41, 5.74) is 1.13. The molecule has 2 aromatic carbocycles. The summed E-state index contributed by atoms with van der Waals surface area (Å²) in [4.78, 5) is 12.6. The molecule has 2 unspecified atom stereocenters. The second kappa shape index (κ2) is 14.9. The molecule has 1 N–H and O–H groups in total. The Hall–Kier alpha value is -2.03. The highest BCUT2D eigenvalue weighted by molar-refractivity contribution is 5.86. The maximum absolute atomic E-state index is 12.6. The number of benzene rings is 2. The fourth-order valence-electron chi connectivity index (χ4n) is 4.27. The molecule has 172 valence electrons. The van der Waals surface area contributed by atoms with Crippen molar-refractivity contribution >= 4 is 16.9 Å². The lowest BCUT2D eigenvalue weighted by Gasteiger charge is -2.21. The first kappa shape index (κ1) is 25.2. The van der Waals surface area contributed by atoms with Gasteiger partial charge < -0.3 is 10.1 Å². The smallest absolute Gasteiger partial charge is 0.407 e. The van der Waals surface area contributed by atoms with Gasteiger partial charge in [-0.2, -0.15) is 0 Å². The van der Waals surface area contributed by atoms with E-state index >= 15 is 0 Å². The Bertz CT molecular complexity index is 752. The number of unbranched alkanes of at least 4 members (excludes halogenated alkanes) is 8. The zero-order valence-corrected chi connectivity index (χ0v) is 20.0. The van der Waals surface area contributed by atoms with E-state index in [1.807, 2.05) is 25.1 Å². The quantitative estimate of drug-likeness (QED) is 0.290. The number of rotatable bonds is 15. The molecular weight excluding hydrogens is 382 g/mol. The maximum Gasteiger partial charge on any atom is 0.407 e. The van der Waals surface area contributed by atoms with Gasteiger partial charge in [0.05, 0.1) is 6.04 Å². The first-order valence-electron chi connectivity index (χ1n) is 12.6. The molecule has 2 rings (SSSR count). The Labute approximate surface area is 190 Å². The Morgan fingerprint density at radius 2 is 1.42 bits per heavy atom. The second-order valence-electron chi connectivity index (χ2n) is 8.87. The van der Waals surface area contributed by atoms with Crippen LogP contribution in [0.5, 0.6) is 0 Å². The van der Waals surface area contributed by atoms with Gasteiger partial charge in [0.1, 0.15) is 6.10 Å². The van der Waals surface area contributed by atoms with Crippen molar-refractivity contribution in [1.29, 1.82) is 0 Å². The summed E-state index contributed by atoms with van der Waals surface area (Å²) in [7, 11) is 0. The molecule has 31 heavy (non-hydrogen) atoms. The van der Waals surface area contributed by atoms with Crippen LogP contribution in [0.2, 0.25) is 0 Å². The van der Waals surface area contributed by atoms with Crippen LogP contribution in [-0.4, -0.2) is 12.2 Å². The number of nitrogens with one attached hydrogen (secondary N) is 1. The SMILES string of the molecule is CCCCCCCCCCC(CCCC)OC(=O)NC(C)c1cccc2ccccc12. The van der Waals surface area contributed by atoms with Crippen LogP contribution >= 0.6 is 0 Å². The van der Waals surface area contributed by atoms with Gasteiger partial charge in [0.15, 0.2) is 0 Å². The topological polar surface area (TPSA) is 38.3 Å². The molecule has 0 spiro atoms. The zero-order chi connectivity index (χ0) is 22.3. The van der Waals surface area contributed by atoms with Crippen molar-refractivity contribution in [1.82, 2.24) is 5.32 Å². The molecule has 0 bridgehead atoms. The van der Waals surface area contributed by atoms with E-state index in [1.165, 1.54) is 55.7 Å². The average molecular weight is 426 g/mol. The molecule has 0 fully saturated rings. The molecular formula is C28H43NO2. The van der Waals surface area contributed by atoms with E-state index in [-0.39, 0.29) is 18.2 Å². The van der Waals surface area contributed by atoms with E-state index in [4.69, 9.17) is 4.74 Å². The summed E-state index contributed by atoms with van der Waals surface area (Å²) in [6, 6.07) is 14.5. The normalized spacial score (nSPS) is 13.1. The fourth-order valence-corrected chi connectivity index (χ4v) is 4.27. The Morgan fingerprint density at radius 1 is 0.806 bits per heavy atom. The zero-order valence-electron chi connectivity index (χ0n) is 20.0. The van der Waals surface area contributed by atoms with Gasteiger partial charge in [-0.1, -0.05) is 114 Å². The molecule has 2 aromatic rings. The van der Waals surface area contributed by atoms with Gasteiger partial charge in [-0.15, -0.1) is 0 Å². The third kappa shape index (κ3) is 9.33. The van der Waals surface area contributed by atoms with Gasteiger partial charge in [-0.25, -0.2) is 4.79 Å². The van der Waals surface area contributed by atoms with Gasteiger partial charge in [0.25, 0.3) is 0 Å². The lowest BCUT2D eigenvalue weighted by Crippen LogP contribution is -2.31. The van der Waals surface area contributed by atoms with Crippen molar-refractivity contribution < 1.29 is 9.53 Å². The first-order valence-corrected chi connectivity index (χ1v) is 12.6. The summed E-state index contributed by atoms with van der Waals surface area (Å²) in [6.45, 7) is 6.48. The van der Waals surface area contributed by atoms with E-state index < -0.39 is 0 Å². The van der Waals surface area contributed by atoms with Gasteiger partial charge >= 0.3 is 6.09 Å². The van der Waals surface area contributed by atoms with E-state index in [0.717, 1.165) is 37.7 Å². The Balaban J connectivity index is 1.80. The van der Waals surface area contributed by atoms with Gasteiger partial charge in [-0.05, 0) is 42.5 Å². The number of carbonyl (C=O) groups excluding carboxylic acids is 1. The lowest BCUT2D eigenvalue weighted by molar-refractivity contribution is 0.0822. The standard InChI is InChI=1S/C28H43NO2/c1-4-6-8-9-10-11-12-13-20-25(19-7-5-2)31-28(30)29-23(3)26-22-16-18-24-17-14-15-21-27(24)26/h14-18,21-23,25H,4-13,19-20H2,1-3H3,(H,29,30). The Kier molecular flexibility index (Phi) is 12.1. The van der Waals surface area contributed by atoms with Crippen molar-refractivity contribution in [3.63, 3.8) is 0 Å². The van der Waals surface area contributed by atoms with Crippen molar-refractivity contribution in [3.8, 4) is 0 Å². The molecule has 0 saturated heterocycles. The van der Waals surface area contributed by atoms with Gasteiger partial charge in [0.2, 0.25) is 0 Å². The second-order valence-corrected chi connectivity index (χ2v) is 8.87. The third-order valence-corrected chi connectivity index (χ3v) is 6.16. The van der Waals surface area contributed by atoms with Crippen molar-refractivity contribution in [3.05, 3.63) is 48.0 Å². The molecule has 0 heterocycles. The maximum atomic E-state index is 12.6. The summed E-state index contributed by atoms with van der Waals surface area (Å²) >= 11 is 0. The van der Waals surface area contributed by atoms with E-state index in [2.05, 4.69) is 43.4 Å². The average Bonchev–Trinajstić information content (AvgIpc) is 2.78. The van der Waals surface area contributed by atoms with Crippen LogP contribution in [0.15, 0.2) is 42.5 Å². The molecule has 0 radical (unpaired) electrons. The van der Waals surface area contributed by atoms with Gasteiger partial charge in [0, 0.05) is 0 Å². The minimum Gasteiger partial charge on any atom is -0.446 e. The molecule has 3 nitrogen and oxygen atoms in total. The molecule has 1 amide bonds. The van der Waals surface area contributed by atoms with Crippen LogP contribution in [0.25, 0.3) is 10.8 Å². The number of fused-ring (bicyclic) bond motifs is 1. The predicted octanol–water partition coefficient (Wildman–Crippen LogP) is 8.72. The predicted molar refractivity (Wildman–Crippen MR) is 133 cm³/mol.